The van der Waals surface area contributed by atoms with E-state index in [1.807, 2.05) is 30.3 Å². The molecule has 3 nitrogen and oxygen atoms in total. The van der Waals surface area contributed by atoms with Gasteiger partial charge in [0.2, 0.25) is 0 Å². The highest BCUT2D eigenvalue weighted by Crippen LogP contribution is 2.39. The summed E-state index contributed by atoms with van der Waals surface area (Å²) in [6.45, 7) is 2.08. The molecule has 2 heterocycles. The van der Waals surface area contributed by atoms with E-state index in [4.69, 9.17) is 15.0 Å². The van der Waals surface area contributed by atoms with E-state index in [9.17, 15) is 0 Å². The molecular weight excluding hydrogens is 410 g/mol. The second kappa shape index (κ2) is 7.66. The summed E-state index contributed by atoms with van der Waals surface area (Å²) in [7, 11) is 0. The van der Waals surface area contributed by atoms with Crippen molar-refractivity contribution in [1.82, 2.24) is 15.0 Å². The number of hydrogen-bond donors (Lipinski definition) is 0. The molecule has 4 aromatic carbocycles. The Morgan fingerprint density at radius 1 is 0.531 bits per heavy atom. The summed E-state index contributed by atoms with van der Waals surface area (Å²) < 4.78 is 2.47. The fraction of sp³-hybridized carbons (Fsp3) is 0.0357. The van der Waals surface area contributed by atoms with Crippen LogP contribution in [-0.4, -0.2) is 15.0 Å². The van der Waals surface area contributed by atoms with Crippen molar-refractivity contribution in [2.75, 3.05) is 0 Å². The molecule has 4 heteroatoms. The molecule has 0 aliphatic heterocycles. The Hall–Kier alpha value is -3.89. The smallest absolute Gasteiger partial charge is 0.165 e. The van der Waals surface area contributed by atoms with Crippen LogP contribution in [0.15, 0.2) is 97.1 Å². The maximum absolute atomic E-state index is 4.93. The number of fused-ring (bicyclic) bond motifs is 3. The van der Waals surface area contributed by atoms with Gasteiger partial charge < -0.3 is 0 Å². The summed E-state index contributed by atoms with van der Waals surface area (Å²) in [5.41, 5.74) is 4.21. The number of benzene rings is 4. The molecule has 2 aromatic heterocycles. The standard InChI is InChI=1S/C28H19N3S/c1-18-14-16-20(17-15-18)27-29-26(19-8-3-2-4-9-19)30-28(31-27)23-12-7-11-22-21-10-5-6-13-24(21)32-25(22)23/h2-17H,1H3. The van der Waals surface area contributed by atoms with Crippen LogP contribution in [0.2, 0.25) is 0 Å². The first kappa shape index (κ1) is 18.8. The van der Waals surface area contributed by atoms with Gasteiger partial charge in [-0.2, -0.15) is 0 Å². The molecular formula is C28H19N3S. The first-order valence-electron chi connectivity index (χ1n) is 10.6. The number of aryl methyl sites for hydroxylation is 1. The Morgan fingerprint density at radius 3 is 1.94 bits per heavy atom. The van der Waals surface area contributed by atoms with Crippen LogP contribution in [-0.2, 0) is 0 Å². The number of nitrogens with zero attached hydrogens (tertiary/aromatic N) is 3. The van der Waals surface area contributed by atoms with E-state index in [0.717, 1.165) is 16.7 Å². The minimum absolute atomic E-state index is 0.685. The van der Waals surface area contributed by atoms with Crippen molar-refractivity contribution in [1.29, 1.82) is 0 Å². The summed E-state index contributed by atoms with van der Waals surface area (Å²) in [4.78, 5) is 14.7. The van der Waals surface area contributed by atoms with Crippen LogP contribution in [0.4, 0.5) is 0 Å². The van der Waals surface area contributed by atoms with Crippen LogP contribution in [0.1, 0.15) is 5.56 Å². The summed E-state index contributed by atoms with van der Waals surface area (Å²) in [5.74, 6) is 2.07. The highest BCUT2D eigenvalue weighted by molar-refractivity contribution is 7.26. The lowest BCUT2D eigenvalue weighted by molar-refractivity contribution is 1.08. The lowest BCUT2D eigenvalue weighted by atomic mass is 10.1. The maximum atomic E-state index is 4.93. The quantitative estimate of drug-likeness (QED) is 0.291. The van der Waals surface area contributed by atoms with E-state index in [1.54, 1.807) is 11.3 Å². The summed E-state index contributed by atoms with van der Waals surface area (Å²) in [6.07, 6.45) is 0. The Labute approximate surface area is 190 Å². The zero-order chi connectivity index (χ0) is 21.5. The van der Waals surface area contributed by atoms with Gasteiger partial charge in [0.05, 0.1) is 0 Å². The van der Waals surface area contributed by atoms with Crippen LogP contribution in [0.5, 0.6) is 0 Å². The monoisotopic (exact) mass is 429 g/mol. The van der Waals surface area contributed by atoms with E-state index in [2.05, 4.69) is 73.7 Å². The Kier molecular flexibility index (Phi) is 4.51. The zero-order valence-electron chi connectivity index (χ0n) is 17.5. The summed E-state index contributed by atoms with van der Waals surface area (Å²) >= 11 is 1.79. The zero-order valence-corrected chi connectivity index (χ0v) is 18.3. The average Bonchev–Trinajstić information content (AvgIpc) is 3.24. The molecule has 0 bridgehead atoms. The third kappa shape index (κ3) is 3.26. The van der Waals surface area contributed by atoms with Gasteiger partial charge in [-0.25, -0.2) is 15.0 Å². The molecule has 0 aliphatic carbocycles. The fourth-order valence-electron chi connectivity index (χ4n) is 3.97. The van der Waals surface area contributed by atoms with Crippen molar-refractivity contribution < 1.29 is 0 Å². The molecule has 6 rings (SSSR count). The second-order valence-corrected chi connectivity index (χ2v) is 8.87. The molecule has 6 aromatic rings. The average molecular weight is 430 g/mol. The molecule has 0 saturated carbocycles. The van der Waals surface area contributed by atoms with E-state index >= 15 is 0 Å². The predicted molar refractivity (Wildman–Crippen MR) is 134 cm³/mol. The summed E-state index contributed by atoms with van der Waals surface area (Å²) in [5, 5.41) is 2.51. The number of aromatic nitrogens is 3. The molecule has 0 fully saturated rings. The third-order valence-electron chi connectivity index (χ3n) is 5.62. The van der Waals surface area contributed by atoms with Gasteiger partial charge in [-0.3, -0.25) is 0 Å². The second-order valence-electron chi connectivity index (χ2n) is 7.82. The Balaban J connectivity index is 1.62. The van der Waals surface area contributed by atoms with Crippen molar-refractivity contribution in [3.05, 3.63) is 103 Å². The minimum Gasteiger partial charge on any atom is -0.208 e. The normalized spacial score (nSPS) is 11.3. The largest absolute Gasteiger partial charge is 0.208 e. The molecule has 0 aliphatic rings. The van der Waals surface area contributed by atoms with E-state index in [0.29, 0.717) is 17.5 Å². The number of rotatable bonds is 3. The molecule has 0 atom stereocenters. The number of thiophene rings is 1. The molecule has 0 N–H and O–H groups in total. The molecule has 0 spiro atoms. The van der Waals surface area contributed by atoms with Crippen molar-refractivity contribution in [2.45, 2.75) is 6.92 Å². The van der Waals surface area contributed by atoms with Gasteiger partial charge in [0.15, 0.2) is 17.5 Å². The predicted octanol–water partition coefficient (Wildman–Crippen LogP) is 7.55. The molecule has 0 unspecified atom stereocenters. The summed E-state index contributed by atoms with van der Waals surface area (Å²) in [6, 6.07) is 33.3. The number of hydrogen-bond acceptors (Lipinski definition) is 4. The first-order valence-corrected chi connectivity index (χ1v) is 11.4. The molecule has 0 saturated heterocycles. The topological polar surface area (TPSA) is 38.7 Å². The van der Waals surface area contributed by atoms with Crippen LogP contribution >= 0.6 is 11.3 Å². The van der Waals surface area contributed by atoms with E-state index < -0.39 is 0 Å². The lowest BCUT2D eigenvalue weighted by Crippen LogP contribution is -2.00. The SMILES string of the molecule is Cc1ccc(-c2nc(-c3ccccc3)nc(-c3cccc4c3sc3ccccc34)n2)cc1. The molecule has 0 amide bonds. The van der Waals surface area contributed by atoms with E-state index in [-0.39, 0.29) is 0 Å². The van der Waals surface area contributed by atoms with Gasteiger partial charge in [0, 0.05) is 36.9 Å². The van der Waals surface area contributed by atoms with Crippen LogP contribution in [0.3, 0.4) is 0 Å². The van der Waals surface area contributed by atoms with Gasteiger partial charge in [-0.05, 0) is 19.1 Å². The van der Waals surface area contributed by atoms with Crippen molar-refractivity contribution in [2.24, 2.45) is 0 Å². The lowest BCUT2D eigenvalue weighted by Gasteiger charge is -2.09. The molecule has 0 radical (unpaired) electrons. The molecule has 32 heavy (non-hydrogen) atoms. The maximum Gasteiger partial charge on any atom is 0.165 e. The van der Waals surface area contributed by atoms with Gasteiger partial charge in [-0.1, -0.05) is 90.5 Å². The Morgan fingerprint density at radius 2 is 1.16 bits per heavy atom. The van der Waals surface area contributed by atoms with Gasteiger partial charge >= 0.3 is 0 Å². The van der Waals surface area contributed by atoms with Crippen LogP contribution < -0.4 is 0 Å². The first-order chi connectivity index (χ1) is 15.8. The van der Waals surface area contributed by atoms with Gasteiger partial charge in [0.25, 0.3) is 0 Å². The van der Waals surface area contributed by atoms with Crippen molar-refractivity contribution in [3.63, 3.8) is 0 Å². The van der Waals surface area contributed by atoms with Crippen LogP contribution in [0.25, 0.3) is 54.3 Å². The third-order valence-corrected chi connectivity index (χ3v) is 6.84. The van der Waals surface area contributed by atoms with Gasteiger partial charge in [0.1, 0.15) is 0 Å². The van der Waals surface area contributed by atoms with Crippen molar-refractivity contribution >= 4 is 31.5 Å². The Bertz CT molecular complexity index is 1570. The van der Waals surface area contributed by atoms with E-state index in [1.165, 1.54) is 25.7 Å². The highest BCUT2D eigenvalue weighted by Gasteiger charge is 2.16. The minimum atomic E-state index is 0.685. The van der Waals surface area contributed by atoms with Crippen molar-refractivity contribution in [3.8, 4) is 34.2 Å². The fourth-order valence-corrected chi connectivity index (χ4v) is 5.18. The molecule has 152 valence electrons. The highest BCUT2D eigenvalue weighted by atomic mass is 32.1. The van der Waals surface area contributed by atoms with Crippen LogP contribution in [0, 0.1) is 6.92 Å². The van der Waals surface area contributed by atoms with Gasteiger partial charge in [-0.15, -0.1) is 11.3 Å².